The largest absolute Gasteiger partial charge is 0.508 e. The summed E-state index contributed by atoms with van der Waals surface area (Å²) in [7, 11) is 0. The first-order valence-electron chi connectivity index (χ1n) is 8.05. The molecular weight excluding hydrogens is 328 g/mol. The SMILES string of the molecule is O=C(O)C=C(c1ccccc1)c1ccccc1.OCc1ccccc1O. The lowest BCUT2D eigenvalue weighted by Crippen LogP contribution is -1.94. The Morgan fingerprint density at radius 3 is 1.62 bits per heavy atom. The fourth-order valence-corrected chi connectivity index (χ4v) is 2.34. The second kappa shape index (κ2) is 9.81. The van der Waals surface area contributed by atoms with E-state index in [9.17, 15) is 4.79 Å². The average molecular weight is 348 g/mol. The molecule has 0 aliphatic carbocycles. The molecule has 3 N–H and O–H groups in total. The molecule has 0 aromatic heterocycles. The summed E-state index contributed by atoms with van der Waals surface area (Å²) in [5.74, 6) is -0.785. The summed E-state index contributed by atoms with van der Waals surface area (Å²) in [6.07, 6.45) is 1.24. The standard InChI is InChI=1S/C15H12O2.C7H8O2/c16-15(17)11-14(12-7-3-1-4-8-12)13-9-5-2-6-10-13;8-5-6-3-1-2-4-7(6)9/h1-11H,(H,16,17);1-4,8-9H,5H2. The highest BCUT2D eigenvalue weighted by Crippen LogP contribution is 2.22. The lowest BCUT2D eigenvalue weighted by molar-refractivity contribution is -0.131. The zero-order chi connectivity index (χ0) is 18.8. The maximum atomic E-state index is 10.9. The molecule has 0 unspecified atom stereocenters. The number of phenols is 1. The van der Waals surface area contributed by atoms with Crippen LogP contribution in [-0.4, -0.2) is 21.3 Å². The molecule has 4 nitrogen and oxygen atoms in total. The number of aromatic hydroxyl groups is 1. The molecule has 0 heterocycles. The quantitative estimate of drug-likeness (QED) is 0.621. The number of hydrogen-bond donors (Lipinski definition) is 3. The van der Waals surface area contributed by atoms with Crippen LogP contribution in [0.5, 0.6) is 5.75 Å². The van der Waals surface area contributed by atoms with Crippen LogP contribution in [-0.2, 0) is 11.4 Å². The van der Waals surface area contributed by atoms with Gasteiger partial charge >= 0.3 is 5.97 Å². The Bertz CT molecular complexity index is 814. The summed E-state index contributed by atoms with van der Waals surface area (Å²) in [5.41, 5.74) is 3.10. The Kier molecular flexibility index (Phi) is 7.16. The highest BCUT2D eigenvalue weighted by atomic mass is 16.4. The number of para-hydroxylation sites is 1. The lowest BCUT2D eigenvalue weighted by atomic mass is 9.98. The number of benzene rings is 3. The van der Waals surface area contributed by atoms with Crippen molar-refractivity contribution in [3.05, 3.63) is 108 Å². The van der Waals surface area contributed by atoms with Crippen LogP contribution in [0, 0.1) is 0 Å². The van der Waals surface area contributed by atoms with Crippen LogP contribution in [0.4, 0.5) is 0 Å². The van der Waals surface area contributed by atoms with E-state index in [1.807, 2.05) is 60.7 Å². The van der Waals surface area contributed by atoms with Gasteiger partial charge in [-0.25, -0.2) is 4.79 Å². The highest BCUT2D eigenvalue weighted by molar-refractivity contribution is 5.95. The van der Waals surface area contributed by atoms with Crippen molar-refractivity contribution in [2.24, 2.45) is 0 Å². The second-order valence-electron chi connectivity index (χ2n) is 5.42. The zero-order valence-corrected chi connectivity index (χ0v) is 14.1. The van der Waals surface area contributed by atoms with Gasteiger partial charge in [0, 0.05) is 11.6 Å². The fraction of sp³-hybridized carbons (Fsp3) is 0.0455. The van der Waals surface area contributed by atoms with E-state index in [0.29, 0.717) is 5.56 Å². The van der Waals surface area contributed by atoms with Crippen LogP contribution in [0.1, 0.15) is 16.7 Å². The van der Waals surface area contributed by atoms with Crippen molar-refractivity contribution in [1.29, 1.82) is 0 Å². The Balaban J connectivity index is 0.000000228. The van der Waals surface area contributed by atoms with Crippen LogP contribution in [0.2, 0.25) is 0 Å². The maximum Gasteiger partial charge on any atom is 0.328 e. The van der Waals surface area contributed by atoms with Crippen molar-refractivity contribution in [1.82, 2.24) is 0 Å². The van der Waals surface area contributed by atoms with Crippen molar-refractivity contribution in [2.45, 2.75) is 6.61 Å². The van der Waals surface area contributed by atoms with Gasteiger partial charge in [-0.1, -0.05) is 78.9 Å². The minimum absolute atomic E-state index is 0.104. The van der Waals surface area contributed by atoms with Gasteiger partial charge < -0.3 is 15.3 Å². The number of aliphatic carboxylic acids is 1. The number of carbonyl (C=O) groups is 1. The molecule has 3 aromatic rings. The Hall–Kier alpha value is -3.37. The Morgan fingerprint density at radius 2 is 1.23 bits per heavy atom. The van der Waals surface area contributed by atoms with Crippen LogP contribution < -0.4 is 0 Å². The first-order chi connectivity index (χ1) is 12.6. The first kappa shape index (κ1) is 19.0. The van der Waals surface area contributed by atoms with E-state index < -0.39 is 5.97 Å². The smallest absolute Gasteiger partial charge is 0.328 e. The molecule has 0 saturated heterocycles. The predicted octanol–water partition coefficient (Wildman–Crippen LogP) is 4.09. The van der Waals surface area contributed by atoms with Crippen molar-refractivity contribution in [3.8, 4) is 5.75 Å². The predicted molar refractivity (Wildman–Crippen MR) is 102 cm³/mol. The third-order valence-electron chi connectivity index (χ3n) is 3.60. The van der Waals surface area contributed by atoms with Crippen molar-refractivity contribution < 1.29 is 20.1 Å². The van der Waals surface area contributed by atoms with Gasteiger partial charge in [0.1, 0.15) is 5.75 Å². The molecule has 132 valence electrons. The molecule has 0 radical (unpaired) electrons. The minimum Gasteiger partial charge on any atom is -0.508 e. The van der Waals surface area contributed by atoms with E-state index in [4.69, 9.17) is 15.3 Å². The molecule has 0 spiro atoms. The van der Waals surface area contributed by atoms with Crippen LogP contribution >= 0.6 is 0 Å². The van der Waals surface area contributed by atoms with Gasteiger partial charge in [-0.2, -0.15) is 0 Å². The van der Waals surface area contributed by atoms with E-state index in [0.717, 1.165) is 16.7 Å². The molecule has 0 atom stereocenters. The number of carboxylic acids is 1. The minimum atomic E-state index is -0.937. The number of rotatable bonds is 4. The normalized spacial score (nSPS) is 9.58. The highest BCUT2D eigenvalue weighted by Gasteiger charge is 2.05. The van der Waals surface area contributed by atoms with Gasteiger partial charge in [0.25, 0.3) is 0 Å². The molecule has 3 aromatic carbocycles. The molecular formula is C22H20O4. The van der Waals surface area contributed by atoms with Crippen LogP contribution in [0.3, 0.4) is 0 Å². The van der Waals surface area contributed by atoms with E-state index in [-0.39, 0.29) is 12.4 Å². The Labute approximate surface area is 152 Å². The van der Waals surface area contributed by atoms with Crippen molar-refractivity contribution in [3.63, 3.8) is 0 Å². The molecule has 0 bridgehead atoms. The van der Waals surface area contributed by atoms with Crippen molar-refractivity contribution in [2.75, 3.05) is 0 Å². The van der Waals surface area contributed by atoms with E-state index in [1.54, 1.807) is 24.3 Å². The fourth-order valence-electron chi connectivity index (χ4n) is 2.34. The van der Waals surface area contributed by atoms with Crippen LogP contribution in [0.25, 0.3) is 5.57 Å². The van der Waals surface area contributed by atoms with Gasteiger partial charge in [-0.05, 0) is 22.8 Å². The van der Waals surface area contributed by atoms with E-state index >= 15 is 0 Å². The lowest BCUT2D eigenvalue weighted by Gasteiger charge is -2.06. The van der Waals surface area contributed by atoms with Gasteiger partial charge in [0.2, 0.25) is 0 Å². The summed E-state index contributed by atoms with van der Waals surface area (Å²) in [6.45, 7) is -0.104. The number of carboxylic acid groups (broad SMARTS) is 1. The van der Waals surface area contributed by atoms with Gasteiger partial charge in [0.15, 0.2) is 0 Å². The van der Waals surface area contributed by atoms with Crippen molar-refractivity contribution >= 4 is 11.5 Å². The summed E-state index contributed by atoms with van der Waals surface area (Å²) >= 11 is 0. The summed E-state index contributed by atoms with van der Waals surface area (Å²) in [6, 6.07) is 25.7. The van der Waals surface area contributed by atoms with E-state index in [2.05, 4.69) is 0 Å². The molecule has 0 aliphatic rings. The molecule has 0 fully saturated rings. The molecule has 26 heavy (non-hydrogen) atoms. The summed E-state index contributed by atoms with van der Waals surface area (Å²) in [5, 5.41) is 26.4. The molecule has 0 aliphatic heterocycles. The molecule has 0 amide bonds. The number of hydrogen-bond acceptors (Lipinski definition) is 3. The summed E-state index contributed by atoms with van der Waals surface area (Å²) < 4.78 is 0. The van der Waals surface area contributed by atoms with Crippen LogP contribution in [0.15, 0.2) is 91.0 Å². The number of aliphatic hydroxyl groups is 1. The molecule has 0 saturated carbocycles. The summed E-state index contributed by atoms with van der Waals surface area (Å²) in [4.78, 5) is 10.9. The third-order valence-corrected chi connectivity index (χ3v) is 3.60. The van der Waals surface area contributed by atoms with E-state index in [1.165, 1.54) is 6.08 Å². The topological polar surface area (TPSA) is 77.8 Å². The maximum absolute atomic E-state index is 10.9. The van der Waals surface area contributed by atoms with Gasteiger partial charge in [-0.15, -0.1) is 0 Å². The van der Waals surface area contributed by atoms with Gasteiger partial charge in [-0.3, -0.25) is 0 Å². The average Bonchev–Trinajstić information content (AvgIpc) is 2.68. The molecule has 3 rings (SSSR count). The molecule has 4 heteroatoms. The Morgan fingerprint density at radius 1 is 0.769 bits per heavy atom. The second-order valence-corrected chi connectivity index (χ2v) is 5.42. The van der Waals surface area contributed by atoms with Gasteiger partial charge in [0.05, 0.1) is 6.61 Å². The third kappa shape index (κ3) is 5.61. The monoisotopic (exact) mass is 348 g/mol. The number of aliphatic hydroxyl groups excluding tert-OH is 1. The zero-order valence-electron chi connectivity index (χ0n) is 14.1. The first-order valence-corrected chi connectivity index (χ1v) is 8.05.